The number of halogens is 1. The maximum atomic E-state index is 12.2. The Morgan fingerprint density at radius 2 is 2.22 bits per heavy atom. The van der Waals surface area contributed by atoms with Gasteiger partial charge in [0.05, 0.1) is 6.42 Å². The molecule has 1 aliphatic heterocycles. The monoisotopic (exact) mass is 309 g/mol. The lowest BCUT2D eigenvalue weighted by Gasteiger charge is -2.10. The van der Waals surface area contributed by atoms with E-state index in [0.717, 1.165) is 22.1 Å². The summed E-state index contributed by atoms with van der Waals surface area (Å²) in [4.78, 5) is 23.5. The number of anilines is 1. The maximum absolute atomic E-state index is 12.2. The largest absolute Gasteiger partial charge is 0.325 e. The molecule has 0 spiro atoms. The van der Waals surface area contributed by atoms with Crippen molar-refractivity contribution in [2.75, 3.05) is 5.32 Å². The third-order valence-electron chi connectivity index (χ3n) is 3.35. The van der Waals surface area contributed by atoms with Gasteiger partial charge in [-0.15, -0.1) is 0 Å². The number of rotatable bonds is 4. The van der Waals surface area contributed by atoms with Crippen molar-refractivity contribution in [3.63, 3.8) is 0 Å². The van der Waals surface area contributed by atoms with Crippen LogP contribution in [0.25, 0.3) is 0 Å². The first-order valence-electron chi connectivity index (χ1n) is 6.16. The minimum atomic E-state index is -0.0107. The summed E-state index contributed by atoms with van der Waals surface area (Å²) in [5, 5.41) is 2.78. The van der Waals surface area contributed by atoms with Gasteiger partial charge in [0.1, 0.15) is 0 Å². The topological polar surface area (TPSA) is 46.2 Å². The molecule has 1 aromatic rings. The molecule has 1 amide bonds. The number of hydrogen-bond donors (Lipinski definition) is 1. The minimum Gasteiger partial charge on any atom is -0.325 e. The predicted molar refractivity (Wildman–Crippen MR) is 74.9 cm³/mol. The van der Waals surface area contributed by atoms with E-state index in [1.165, 1.54) is 0 Å². The van der Waals surface area contributed by atoms with Crippen LogP contribution in [0.5, 0.6) is 0 Å². The van der Waals surface area contributed by atoms with Crippen LogP contribution in [0.15, 0.2) is 16.6 Å². The van der Waals surface area contributed by atoms with Gasteiger partial charge in [0.25, 0.3) is 0 Å². The van der Waals surface area contributed by atoms with E-state index in [1.54, 1.807) is 0 Å². The summed E-state index contributed by atoms with van der Waals surface area (Å²) in [6.07, 6.45) is 1.91. The van der Waals surface area contributed by atoms with Crippen molar-refractivity contribution in [2.24, 2.45) is 5.92 Å². The van der Waals surface area contributed by atoms with E-state index in [2.05, 4.69) is 35.1 Å². The second-order valence-corrected chi connectivity index (χ2v) is 5.71. The van der Waals surface area contributed by atoms with Gasteiger partial charge < -0.3 is 5.32 Å². The summed E-state index contributed by atoms with van der Waals surface area (Å²) in [5.41, 5.74) is 2.41. The highest BCUT2D eigenvalue weighted by molar-refractivity contribution is 9.10. The molecule has 1 atom stereocenters. The summed E-state index contributed by atoms with van der Waals surface area (Å²) >= 11 is 3.41. The van der Waals surface area contributed by atoms with E-state index in [-0.39, 0.29) is 11.7 Å². The van der Waals surface area contributed by atoms with Gasteiger partial charge in [0.15, 0.2) is 5.78 Å². The summed E-state index contributed by atoms with van der Waals surface area (Å²) in [6.45, 7) is 4.16. The Morgan fingerprint density at radius 3 is 2.89 bits per heavy atom. The van der Waals surface area contributed by atoms with Crippen LogP contribution in [0.1, 0.15) is 42.6 Å². The highest BCUT2D eigenvalue weighted by atomic mass is 79.9. The molecule has 1 aromatic carbocycles. The molecule has 96 valence electrons. The Balaban J connectivity index is 2.27. The van der Waals surface area contributed by atoms with E-state index in [0.29, 0.717) is 24.3 Å². The molecule has 0 saturated heterocycles. The molecule has 0 saturated carbocycles. The lowest BCUT2D eigenvalue weighted by Crippen LogP contribution is -2.06. The Bertz CT molecular complexity index is 511. The molecular formula is C14H16BrNO2. The number of fused-ring (bicyclic) bond motifs is 1. The number of hydrogen-bond acceptors (Lipinski definition) is 2. The lowest BCUT2D eigenvalue weighted by molar-refractivity contribution is -0.115. The lowest BCUT2D eigenvalue weighted by atomic mass is 9.96. The number of carbonyl (C=O) groups is 2. The zero-order valence-corrected chi connectivity index (χ0v) is 12.1. The average molecular weight is 310 g/mol. The van der Waals surface area contributed by atoms with Crippen molar-refractivity contribution in [1.29, 1.82) is 0 Å². The van der Waals surface area contributed by atoms with Gasteiger partial charge in [-0.3, -0.25) is 9.59 Å². The maximum Gasteiger partial charge on any atom is 0.228 e. The van der Waals surface area contributed by atoms with Crippen LogP contribution in [0.2, 0.25) is 0 Å². The second kappa shape index (κ2) is 5.22. The molecule has 18 heavy (non-hydrogen) atoms. The Labute approximate surface area is 115 Å². The SMILES string of the molecule is CCC(C)CC(=O)c1cc2c(cc1Br)NC(=O)C2. The molecule has 0 aliphatic carbocycles. The molecule has 1 N–H and O–H groups in total. The molecule has 0 radical (unpaired) electrons. The Hall–Kier alpha value is -1.16. The van der Waals surface area contributed by atoms with E-state index in [9.17, 15) is 9.59 Å². The van der Waals surface area contributed by atoms with Crippen LogP contribution >= 0.6 is 15.9 Å². The molecule has 3 nitrogen and oxygen atoms in total. The second-order valence-electron chi connectivity index (χ2n) is 4.85. The zero-order valence-electron chi connectivity index (χ0n) is 10.5. The van der Waals surface area contributed by atoms with E-state index in [1.807, 2.05) is 12.1 Å². The smallest absolute Gasteiger partial charge is 0.228 e. The quantitative estimate of drug-likeness (QED) is 0.864. The summed E-state index contributed by atoms with van der Waals surface area (Å²) in [5.74, 6) is 0.513. The van der Waals surface area contributed by atoms with Crippen molar-refractivity contribution in [3.05, 3.63) is 27.7 Å². The number of nitrogens with one attached hydrogen (secondary N) is 1. The Morgan fingerprint density at radius 1 is 1.50 bits per heavy atom. The molecule has 4 heteroatoms. The Kier molecular flexibility index (Phi) is 3.85. The van der Waals surface area contributed by atoms with Gasteiger partial charge in [-0.2, -0.15) is 0 Å². The van der Waals surface area contributed by atoms with Crippen molar-refractivity contribution >= 4 is 33.3 Å². The van der Waals surface area contributed by atoms with Crippen LogP contribution in [0, 0.1) is 5.92 Å². The number of ketones is 1. The molecular weight excluding hydrogens is 294 g/mol. The molecule has 0 bridgehead atoms. The van der Waals surface area contributed by atoms with Crippen molar-refractivity contribution < 1.29 is 9.59 Å². The van der Waals surface area contributed by atoms with Gasteiger partial charge >= 0.3 is 0 Å². The summed E-state index contributed by atoms with van der Waals surface area (Å²) in [6, 6.07) is 3.66. The van der Waals surface area contributed by atoms with Gasteiger partial charge in [-0.25, -0.2) is 0 Å². The minimum absolute atomic E-state index is 0.0107. The number of amides is 1. The van der Waals surface area contributed by atoms with Crippen molar-refractivity contribution in [1.82, 2.24) is 0 Å². The number of benzene rings is 1. The molecule has 0 fully saturated rings. The van der Waals surface area contributed by atoms with E-state index in [4.69, 9.17) is 0 Å². The first-order chi connectivity index (χ1) is 8.51. The van der Waals surface area contributed by atoms with Crippen LogP contribution in [0.4, 0.5) is 5.69 Å². The van der Waals surface area contributed by atoms with Crippen LogP contribution < -0.4 is 5.32 Å². The number of Topliss-reactive ketones (excluding diaryl/α,β-unsaturated/α-hetero) is 1. The summed E-state index contributed by atoms with van der Waals surface area (Å²) < 4.78 is 0.761. The van der Waals surface area contributed by atoms with Crippen molar-refractivity contribution in [2.45, 2.75) is 33.1 Å². The molecule has 0 aromatic heterocycles. The fourth-order valence-electron chi connectivity index (χ4n) is 2.03. The third kappa shape index (κ3) is 2.64. The normalized spacial score (nSPS) is 15.2. The van der Waals surface area contributed by atoms with Crippen LogP contribution in [-0.2, 0) is 11.2 Å². The van der Waals surface area contributed by atoms with Gasteiger partial charge in [-0.1, -0.05) is 20.3 Å². The molecule has 1 unspecified atom stereocenters. The fourth-order valence-corrected chi connectivity index (χ4v) is 2.60. The van der Waals surface area contributed by atoms with Gasteiger partial charge in [-0.05, 0) is 39.5 Å². The summed E-state index contributed by atoms with van der Waals surface area (Å²) in [7, 11) is 0. The molecule has 1 aliphatic rings. The highest BCUT2D eigenvalue weighted by Crippen LogP contribution is 2.31. The fraction of sp³-hybridized carbons (Fsp3) is 0.429. The first-order valence-corrected chi connectivity index (χ1v) is 6.96. The van der Waals surface area contributed by atoms with Gasteiger partial charge in [0.2, 0.25) is 5.91 Å². The van der Waals surface area contributed by atoms with Crippen molar-refractivity contribution in [3.8, 4) is 0 Å². The third-order valence-corrected chi connectivity index (χ3v) is 4.01. The zero-order chi connectivity index (χ0) is 13.3. The molecule has 1 heterocycles. The number of carbonyl (C=O) groups excluding carboxylic acids is 2. The first kappa shape index (κ1) is 13.3. The van der Waals surface area contributed by atoms with E-state index >= 15 is 0 Å². The highest BCUT2D eigenvalue weighted by Gasteiger charge is 2.22. The van der Waals surface area contributed by atoms with Crippen LogP contribution in [0.3, 0.4) is 0 Å². The average Bonchev–Trinajstić information content (AvgIpc) is 2.66. The predicted octanol–water partition coefficient (Wildman–Crippen LogP) is 3.56. The molecule has 2 rings (SSSR count). The van der Waals surface area contributed by atoms with Gasteiger partial charge in [0, 0.05) is 22.1 Å². The standard InChI is InChI=1S/C14H16BrNO2/c1-3-8(2)4-13(17)10-5-9-6-14(18)16-12(9)7-11(10)15/h5,7-8H,3-4,6H2,1-2H3,(H,16,18). The van der Waals surface area contributed by atoms with Crippen LogP contribution in [-0.4, -0.2) is 11.7 Å². The van der Waals surface area contributed by atoms with E-state index < -0.39 is 0 Å².